The summed E-state index contributed by atoms with van der Waals surface area (Å²) in [5.74, 6) is 0.0793. The minimum atomic E-state index is -0.00565. The maximum atomic E-state index is 12.2. The average molecular weight is 267 g/mol. The summed E-state index contributed by atoms with van der Waals surface area (Å²) in [6.45, 7) is 1.47. The van der Waals surface area contributed by atoms with Gasteiger partial charge in [0.2, 0.25) is 5.91 Å². The number of nitriles is 1. The van der Waals surface area contributed by atoms with Gasteiger partial charge in [0.25, 0.3) is 5.82 Å². The van der Waals surface area contributed by atoms with Crippen LogP contribution in [0.5, 0.6) is 0 Å². The van der Waals surface area contributed by atoms with Crippen molar-refractivity contribution in [3.8, 4) is 6.07 Å². The zero-order valence-corrected chi connectivity index (χ0v) is 10.9. The van der Waals surface area contributed by atoms with Gasteiger partial charge < -0.3 is 4.90 Å². The average Bonchev–Trinajstić information content (AvgIpc) is 2.94. The molecule has 0 N–H and O–H groups in total. The third-order valence-corrected chi connectivity index (χ3v) is 3.42. The topological polar surface area (TPSA) is 74.8 Å². The number of rotatable bonds is 2. The molecule has 0 radical (unpaired) electrons. The van der Waals surface area contributed by atoms with E-state index in [1.165, 1.54) is 22.1 Å². The molecule has 3 rings (SSSR count). The van der Waals surface area contributed by atoms with Gasteiger partial charge in [0, 0.05) is 13.1 Å². The summed E-state index contributed by atoms with van der Waals surface area (Å²) in [7, 11) is 0. The van der Waals surface area contributed by atoms with Gasteiger partial charge in [0.15, 0.2) is 0 Å². The molecule has 2 aromatic rings. The van der Waals surface area contributed by atoms with Gasteiger partial charge in [0.1, 0.15) is 18.9 Å². The maximum absolute atomic E-state index is 12.2. The standard InChI is InChI=1S/C14H13N5O/c15-7-13-16-10-19(17-13)9-14(20)18-6-5-11-3-1-2-4-12(11)8-18/h1-4,10H,5-6,8-9H2. The van der Waals surface area contributed by atoms with Gasteiger partial charge >= 0.3 is 0 Å². The molecule has 0 atom stereocenters. The van der Waals surface area contributed by atoms with Gasteiger partial charge in [-0.1, -0.05) is 24.3 Å². The van der Waals surface area contributed by atoms with Crippen molar-refractivity contribution in [3.05, 3.63) is 47.5 Å². The Morgan fingerprint density at radius 3 is 2.90 bits per heavy atom. The Kier molecular flexibility index (Phi) is 3.17. The lowest BCUT2D eigenvalue weighted by molar-refractivity contribution is -0.133. The van der Waals surface area contributed by atoms with Crippen LogP contribution in [0.15, 0.2) is 30.6 Å². The molecule has 1 aliphatic heterocycles. The van der Waals surface area contributed by atoms with Crippen molar-refractivity contribution < 1.29 is 4.79 Å². The molecule has 0 bridgehead atoms. The molecule has 6 nitrogen and oxygen atoms in total. The number of carbonyl (C=O) groups excluding carboxylic acids is 1. The molecule has 0 saturated carbocycles. The number of fused-ring (bicyclic) bond motifs is 1. The fourth-order valence-electron chi connectivity index (χ4n) is 2.37. The van der Waals surface area contributed by atoms with E-state index in [0.717, 1.165) is 13.0 Å². The SMILES string of the molecule is N#Cc1ncn(CC(=O)N2CCc3ccccc3C2)n1. The minimum absolute atomic E-state index is 0.00565. The van der Waals surface area contributed by atoms with E-state index in [1.807, 2.05) is 23.1 Å². The number of benzene rings is 1. The zero-order valence-electron chi connectivity index (χ0n) is 10.9. The van der Waals surface area contributed by atoms with Gasteiger partial charge in [-0.15, -0.1) is 5.10 Å². The van der Waals surface area contributed by atoms with Crippen LogP contribution in [-0.2, 0) is 24.3 Å². The third kappa shape index (κ3) is 2.38. The van der Waals surface area contributed by atoms with Crippen LogP contribution in [0.2, 0.25) is 0 Å². The number of carbonyl (C=O) groups is 1. The predicted molar refractivity (Wildman–Crippen MR) is 70.3 cm³/mol. The van der Waals surface area contributed by atoms with Crippen molar-refractivity contribution in [1.82, 2.24) is 19.7 Å². The van der Waals surface area contributed by atoms with E-state index in [2.05, 4.69) is 22.2 Å². The van der Waals surface area contributed by atoms with Crippen LogP contribution in [-0.4, -0.2) is 32.1 Å². The lowest BCUT2D eigenvalue weighted by Gasteiger charge is -2.28. The summed E-state index contributed by atoms with van der Waals surface area (Å²) in [6, 6.07) is 10.0. The van der Waals surface area contributed by atoms with Crippen LogP contribution < -0.4 is 0 Å². The number of hydrogen-bond acceptors (Lipinski definition) is 4. The van der Waals surface area contributed by atoms with E-state index >= 15 is 0 Å². The molecule has 100 valence electrons. The molecule has 0 saturated heterocycles. The lowest BCUT2D eigenvalue weighted by Crippen LogP contribution is -2.38. The first-order valence-electron chi connectivity index (χ1n) is 6.40. The fraction of sp³-hybridized carbons (Fsp3) is 0.286. The molecule has 0 fully saturated rings. The summed E-state index contributed by atoms with van der Waals surface area (Å²) >= 11 is 0. The van der Waals surface area contributed by atoms with E-state index in [1.54, 1.807) is 0 Å². The van der Waals surface area contributed by atoms with Crippen molar-refractivity contribution >= 4 is 5.91 Å². The van der Waals surface area contributed by atoms with E-state index in [4.69, 9.17) is 5.26 Å². The van der Waals surface area contributed by atoms with Crippen molar-refractivity contribution in [1.29, 1.82) is 5.26 Å². The predicted octanol–water partition coefficient (Wildman–Crippen LogP) is 0.735. The molecule has 1 aliphatic rings. The van der Waals surface area contributed by atoms with Crippen LogP contribution in [0, 0.1) is 11.3 Å². The second kappa shape index (κ2) is 5.13. The summed E-state index contributed by atoms with van der Waals surface area (Å²) in [5.41, 5.74) is 2.51. The maximum Gasteiger partial charge on any atom is 0.252 e. The highest BCUT2D eigenvalue weighted by Gasteiger charge is 2.20. The van der Waals surface area contributed by atoms with Crippen LogP contribution in [0.4, 0.5) is 0 Å². The second-order valence-electron chi connectivity index (χ2n) is 4.71. The molecular formula is C14H13N5O. The normalized spacial score (nSPS) is 13.7. The Bertz CT molecular complexity index is 685. The van der Waals surface area contributed by atoms with E-state index in [9.17, 15) is 4.79 Å². The highest BCUT2D eigenvalue weighted by molar-refractivity contribution is 5.76. The quantitative estimate of drug-likeness (QED) is 0.804. The molecule has 1 aromatic carbocycles. The molecule has 1 amide bonds. The molecule has 1 aromatic heterocycles. The summed E-state index contributed by atoms with van der Waals surface area (Å²) in [4.78, 5) is 17.8. The van der Waals surface area contributed by atoms with Crippen LogP contribution in [0.1, 0.15) is 17.0 Å². The first-order valence-corrected chi connectivity index (χ1v) is 6.40. The zero-order chi connectivity index (χ0) is 13.9. The Morgan fingerprint density at radius 2 is 2.15 bits per heavy atom. The van der Waals surface area contributed by atoms with Crippen LogP contribution in [0.3, 0.4) is 0 Å². The van der Waals surface area contributed by atoms with Crippen LogP contribution >= 0.6 is 0 Å². The summed E-state index contributed by atoms with van der Waals surface area (Å²) in [6.07, 6.45) is 2.29. The van der Waals surface area contributed by atoms with E-state index in [0.29, 0.717) is 6.54 Å². The Morgan fingerprint density at radius 1 is 1.35 bits per heavy atom. The molecule has 2 heterocycles. The molecule has 6 heteroatoms. The first kappa shape index (κ1) is 12.4. The molecule has 0 aliphatic carbocycles. The molecular weight excluding hydrogens is 254 g/mol. The lowest BCUT2D eigenvalue weighted by atomic mass is 10.00. The largest absolute Gasteiger partial charge is 0.336 e. The van der Waals surface area contributed by atoms with E-state index < -0.39 is 0 Å². The van der Waals surface area contributed by atoms with Crippen molar-refractivity contribution in [2.24, 2.45) is 0 Å². The number of nitrogens with zero attached hydrogens (tertiary/aromatic N) is 5. The number of aromatic nitrogens is 3. The highest BCUT2D eigenvalue weighted by atomic mass is 16.2. The highest BCUT2D eigenvalue weighted by Crippen LogP contribution is 2.18. The third-order valence-electron chi connectivity index (χ3n) is 3.42. The van der Waals surface area contributed by atoms with Gasteiger partial charge in [-0.3, -0.25) is 4.79 Å². The minimum Gasteiger partial charge on any atom is -0.336 e. The molecule has 0 spiro atoms. The van der Waals surface area contributed by atoms with Crippen LogP contribution in [0.25, 0.3) is 0 Å². The number of amides is 1. The van der Waals surface area contributed by atoms with Gasteiger partial charge in [-0.2, -0.15) is 5.26 Å². The Labute approximate surface area is 116 Å². The molecule has 0 unspecified atom stereocenters. The fourth-order valence-corrected chi connectivity index (χ4v) is 2.37. The first-order chi connectivity index (χ1) is 9.76. The summed E-state index contributed by atoms with van der Waals surface area (Å²) < 4.78 is 1.40. The van der Waals surface area contributed by atoms with Gasteiger partial charge in [0.05, 0.1) is 0 Å². The summed E-state index contributed by atoms with van der Waals surface area (Å²) in [5, 5.41) is 12.6. The number of hydrogen-bond donors (Lipinski definition) is 0. The van der Waals surface area contributed by atoms with E-state index in [-0.39, 0.29) is 18.3 Å². The van der Waals surface area contributed by atoms with Gasteiger partial charge in [-0.25, -0.2) is 9.67 Å². The second-order valence-corrected chi connectivity index (χ2v) is 4.71. The van der Waals surface area contributed by atoms with Crippen molar-refractivity contribution in [2.75, 3.05) is 6.54 Å². The smallest absolute Gasteiger partial charge is 0.252 e. The van der Waals surface area contributed by atoms with Gasteiger partial charge in [-0.05, 0) is 17.5 Å². The molecule has 20 heavy (non-hydrogen) atoms. The Balaban J connectivity index is 1.69. The van der Waals surface area contributed by atoms with Crippen molar-refractivity contribution in [2.45, 2.75) is 19.5 Å². The van der Waals surface area contributed by atoms with Crippen molar-refractivity contribution in [3.63, 3.8) is 0 Å². The Hall–Kier alpha value is -2.68. The monoisotopic (exact) mass is 267 g/mol.